The van der Waals surface area contributed by atoms with E-state index in [-0.39, 0.29) is 0 Å². The molecule has 0 aliphatic carbocycles. The molecule has 2 rings (SSSR count). The molecule has 0 aliphatic rings. The van der Waals surface area contributed by atoms with Gasteiger partial charge in [0.15, 0.2) is 11.0 Å². The molecular weight excluding hydrogens is 258 g/mol. The van der Waals surface area contributed by atoms with Gasteiger partial charge >= 0.3 is 0 Å². The van der Waals surface area contributed by atoms with Gasteiger partial charge in [0.05, 0.1) is 0 Å². The van der Waals surface area contributed by atoms with E-state index in [1.54, 1.807) is 0 Å². The lowest BCUT2D eigenvalue weighted by atomic mass is 10.1. The Bertz CT molecular complexity index is 582. The van der Waals surface area contributed by atoms with E-state index >= 15 is 0 Å². The molecular formula is C15H18ClN3. The van der Waals surface area contributed by atoms with E-state index in [2.05, 4.69) is 46.7 Å². The summed E-state index contributed by atoms with van der Waals surface area (Å²) in [5.41, 5.74) is 4.71. The molecule has 0 atom stereocenters. The smallest absolute Gasteiger partial charge is 0.155 e. The standard InChI is InChI=1S/C15H18ClN3/c1-10-6-4-5-7-13(10)8-9-17-15-12(3)11(2)14(16)18-19-15/h4-7H,8-9H2,1-3H3,(H,17,19). The van der Waals surface area contributed by atoms with Crippen molar-refractivity contribution in [3.63, 3.8) is 0 Å². The second-order valence-electron chi connectivity index (χ2n) is 4.69. The molecule has 19 heavy (non-hydrogen) atoms. The van der Waals surface area contributed by atoms with E-state index in [9.17, 15) is 0 Å². The summed E-state index contributed by atoms with van der Waals surface area (Å²) in [6, 6.07) is 8.42. The van der Waals surface area contributed by atoms with Crippen LogP contribution in [0.15, 0.2) is 24.3 Å². The van der Waals surface area contributed by atoms with Crippen LogP contribution >= 0.6 is 11.6 Å². The molecule has 0 bridgehead atoms. The van der Waals surface area contributed by atoms with Crippen molar-refractivity contribution in [1.82, 2.24) is 10.2 Å². The van der Waals surface area contributed by atoms with E-state index in [0.717, 1.165) is 29.9 Å². The molecule has 0 saturated heterocycles. The Balaban J connectivity index is 2.01. The van der Waals surface area contributed by atoms with Crippen LogP contribution in [0.2, 0.25) is 5.15 Å². The number of aromatic nitrogens is 2. The second-order valence-corrected chi connectivity index (χ2v) is 5.05. The van der Waals surface area contributed by atoms with Gasteiger partial charge in [-0.05, 0) is 49.4 Å². The van der Waals surface area contributed by atoms with Crippen molar-refractivity contribution in [3.05, 3.63) is 51.7 Å². The average Bonchev–Trinajstić information content (AvgIpc) is 2.41. The Hall–Kier alpha value is -1.61. The molecule has 0 saturated carbocycles. The molecule has 100 valence electrons. The van der Waals surface area contributed by atoms with Gasteiger partial charge in [-0.3, -0.25) is 0 Å². The Morgan fingerprint density at radius 1 is 1.05 bits per heavy atom. The number of aryl methyl sites for hydroxylation is 1. The number of nitrogens with one attached hydrogen (secondary N) is 1. The van der Waals surface area contributed by atoms with Gasteiger partial charge in [0.25, 0.3) is 0 Å². The van der Waals surface area contributed by atoms with Crippen molar-refractivity contribution < 1.29 is 0 Å². The van der Waals surface area contributed by atoms with E-state index in [1.807, 2.05) is 13.8 Å². The fourth-order valence-corrected chi connectivity index (χ4v) is 2.13. The molecule has 1 N–H and O–H groups in total. The van der Waals surface area contributed by atoms with Crippen LogP contribution in [0.4, 0.5) is 5.82 Å². The van der Waals surface area contributed by atoms with Crippen LogP contribution in [-0.2, 0) is 6.42 Å². The third-order valence-corrected chi connectivity index (χ3v) is 3.77. The van der Waals surface area contributed by atoms with E-state index in [0.29, 0.717) is 5.15 Å². The minimum absolute atomic E-state index is 0.474. The van der Waals surface area contributed by atoms with Crippen LogP contribution in [0.1, 0.15) is 22.3 Å². The SMILES string of the molecule is Cc1ccccc1CCNc1nnc(Cl)c(C)c1C. The number of hydrogen-bond donors (Lipinski definition) is 1. The van der Waals surface area contributed by atoms with E-state index in [4.69, 9.17) is 11.6 Å². The molecule has 0 amide bonds. The van der Waals surface area contributed by atoms with Gasteiger partial charge in [-0.15, -0.1) is 10.2 Å². The lowest BCUT2D eigenvalue weighted by molar-refractivity contribution is 0.943. The minimum atomic E-state index is 0.474. The van der Waals surface area contributed by atoms with Crippen molar-refractivity contribution in [3.8, 4) is 0 Å². The number of anilines is 1. The van der Waals surface area contributed by atoms with Gasteiger partial charge in [-0.25, -0.2) is 0 Å². The van der Waals surface area contributed by atoms with Crippen molar-refractivity contribution in [2.45, 2.75) is 27.2 Å². The van der Waals surface area contributed by atoms with Crippen molar-refractivity contribution in [2.24, 2.45) is 0 Å². The summed E-state index contributed by atoms with van der Waals surface area (Å²) < 4.78 is 0. The Labute approximate surface area is 119 Å². The summed E-state index contributed by atoms with van der Waals surface area (Å²) in [4.78, 5) is 0. The molecule has 0 fully saturated rings. The average molecular weight is 276 g/mol. The molecule has 1 aromatic carbocycles. The van der Waals surface area contributed by atoms with E-state index < -0.39 is 0 Å². The maximum Gasteiger partial charge on any atom is 0.155 e. The lowest BCUT2D eigenvalue weighted by Gasteiger charge is -2.11. The first-order chi connectivity index (χ1) is 9.09. The Morgan fingerprint density at radius 3 is 2.53 bits per heavy atom. The van der Waals surface area contributed by atoms with Crippen molar-refractivity contribution in [1.29, 1.82) is 0 Å². The van der Waals surface area contributed by atoms with Crippen LogP contribution < -0.4 is 5.32 Å². The van der Waals surface area contributed by atoms with Gasteiger partial charge in [0.2, 0.25) is 0 Å². The maximum atomic E-state index is 5.94. The largest absolute Gasteiger partial charge is 0.368 e. The van der Waals surface area contributed by atoms with Gasteiger partial charge in [0, 0.05) is 6.54 Å². The third-order valence-electron chi connectivity index (χ3n) is 3.41. The summed E-state index contributed by atoms with van der Waals surface area (Å²) in [5, 5.41) is 11.8. The highest BCUT2D eigenvalue weighted by Gasteiger charge is 2.07. The topological polar surface area (TPSA) is 37.8 Å². The zero-order chi connectivity index (χ0) is 13.8. The highest BCUT2D eigenvalue weighted by Crippen LogP contribution is 2.20. The Kier molecular flexibility index (Phi) is 4.38. The first-order valence-corrected chi connectivity index (χ1v) is 6.75. The molecule has 0 aliphatic heterocycles. The normalized spacial score (nSPS) is 10.5. The fourth-order valence-electron chi connectivity index (χ4n) is 1.95. The molecule has 2 aromatic rings. The molecule has 0 radical (unpaired) electrons. The van der Waals surface area contributed by atoms with Crippen molar-refractivity contribution in [2.75, 3.05) is 11.9 Å². The van der Waals surface area contributed by atoms with Gasteiger partial charge in [-0.1, -0.05) is 35.9 Å². The highest BCUT2D eigenvalue weighted by molar-refractivity contribution is 6.30. The maximum absolute atomic E-state index is 5.94. The van der Waals surface area contributed by atoms with Gasteiger partial charge < -0.3 is 5.32 Å². The summed E-state index contributed by atoms with van der Waals surface area (Å²) in [6.07, 6.45) is 0.968. The first kappa shape index (κ1) is 13.8. The van der Waals surface area contributed by atoms with Crippen LogP contribution in [-0.4, -0.2) is 16.7 Å². The van der Waals surface area contributed by atoms with Crippen LogP contribution in [0.5, 0.6) is 0 Å². The zero-order valence-corrected chi connectivity index (χ0v) is 12.3. The molecule has 3 nitrogen and oxygen atoms in total. The summed E-state index contributed by atoms with van der Waals surface area (Å²) in [5.74, 6) is 0.815. The number of benzene rings is 1. The number of halogens is 1. The van der Waals surface area contributed by atoms with Gasteiger partial charge in [0.1, 0.15) is 0 Å². The molecule has 4 heteroatoms. The fraction of sp³-hybridized carbons (Fsp3) is 0.333. The molecule has 1 aromatic heterocycles. The molecule has 0 unspecified atom stereocenters. The minimum Gasteiger partial charge on any atom is -0.368 e. The summed E-state index contributed by atoms with van der Waals surface area (Å²) >= 11 is 5.94. The monoisotopic (exact) mass is 275 g/mol. The Morgan fingerprint density at radius 2 is 1.79 bits per heavy atom. The molecule has 1 heterocycles. The quantitative estimate of drug-likeness (QED) is 0.924. The summed E-state index contributed by atoms with van der Waals surface area (Å²) in [6.45, 7) is 6.93. The zero-order valence-electron chi connectivity index (χ0n) is 11.5. The van der Waals surface area contributed by atoms with Crippen LogP contribution in [0.3, 0.4) is 0 Å². The predicted octanol–water partition coefficient (Wildman–Crippen LogP) is 3.71. The number of hydrogen-bond acceptors (Lipinski definition) is 3. The van der Waals surface area contributed by atoms with Crippen molar-refractivity contribution >= 4 is 17.4 Å². The van der Waals surface area contributed by atoms with E-state index in [1.165, 1.54) is 11.1 Å². The summed E-state index contributed by atoms with van der Waals surface area (Å²) in [7, 11) is 0. The number of nitrogens with zero attached hydrogens (tertiary/aromatic N) is 2. The predicted molar refractivity (Wildman–Crippen MR) is 79.9 cm³/mol. The first-order valence-electron chi connectivity index (χ1n) is 6.37. The number of rotatable bonds is 4. The van der Waals surface area contributed by atoms with Gasteiger partial charge in [-0.2, -0.15) is 0 Å². The lowest BCUT2D eigenvalue weighted by Crippen LogP contribution is -2.10. The third kappa shape index (κ3) is 3.24. The highest BCUT2D eigenvalue weighted by atomic mass is 35.5. The van der Waals surface area contributed by atoms with Crippen LogP contribution in [0, 0.1) is 20.8 Å². The molecule has 0 spiro atoms. The second kappa shape index (κ2) is 6.02. The van der Waals surface area contributed by atoms with Crippen LogP contribution in [0.25, 0.3) is 0 Å².